The van der Waals surface area contributed by atoms with Crippen molar-refractivity contribution in [2.45, 2.75) is 39.0 Å². The number of hydrogen-bond acceptors (Lipinski definition) is 3. The predicted molar refractivity (Wildman–Crippen MR) is 86.6 cm³/mol. The van der Waals surface area contributed by atoms with E-state index in [-0.39, 0.29) is 5.78 Å². The standard InChI is InChI=1S/C18H20O2S/c1-2-20-15-9-6-8-14(11-15)18(19)17-12-13-7-4-3-5-10-16(13)21-17/h6,8-9,11-12H,2-5,7,10H2,1H3. The highest BCUT2D eigenvalue weighted by Gasteiger charge is 2.17. The Morgan fingerprint density at radius 3 is 2.90 bits per heavy atom. The average molecular weight is 300 g/mol. The Morgan fingerprint density at radius 1 is 1.19 bits per heavy atom. The van der Waals surface area contributed by atoms with E-state index in [2.05, 4.69) is 6.07 Å². The van der Waals surface area contributed by atoms with Crippen LogP contribution in [0.5, 0.6) is 5.75 Å². The molecule has 3 rings (SSSR count). The van der Waals surface area contributed by atoms with Crippen molar-refractivity contribution in [1.82, 2.24) is 0 Å². The molecule has 1 heterocycles. The Kier molecular flexibility index (Phi) is 4.39. The molecule has 0 atom stereocenters. The number of hydrogen-bond donors (Lipinski definition) is 0. The summed E-state index contributed by atoms with van der Waals surface area (Å²) in [6, 6.07) is 9.61. The van der Waals surface area contributed by atoms with Gasteiger partial charge in [0, 0.05) is 10.4 Å². The molecule has 0 spiro atoms. The number of carbonyl (C=O) groups excluding carboxylic acids is 1. The number of carbonyl (C=O) groups is 1. The molecule has 3 heteroatoms. The zero-order chi connectivity index (χ0) is 14.7. The number of rotatable bonds is 4. The largest absolute Gasteiger partial charge is 0.494 e. The lowest BCUT2D eigenvalue weighted by molar-refractivity contribution is 0.104. The van der Waals surface area contributed by atoms with E-state index >= 15 is 0 Å². The first-order valence-corrected chi connectivity index (χ1v) is 8.48. The molecule has 1 aromatic heterocycles. The van der Waals surface area contributed by atoms with E-state index in [1.807, 2.05) is 31.2 Å². The van der Waals surface area contributed by atoms with Gasteiger partial charge in [0.25, 0.3) is 0 Å². The van der Waals surface area contributed by atoms with E-state index in [9.17, 15) is 4.79 Å². The second kappa shape index (κ2) is 6.44. The number of ether oxygens (including phenoxy) is 1. The van der Waals surface area contributed by atoms with Crippen LogP contribution < -0.4 is 4.74 Å². The molecular weight excluding hydrogens is 280 g/mol. The van der Waals surface area contributed by atoms with Crippen molar-refractivity contribution in [3.8, 4) is 5.75 Å². The number of thiophene rings is 1. The van der Waals surface area contributed by atoms with Crippen LogP contribution in [0.25, 0.3) is 0 Å². The van der Waals surface area contributed by atoms with Crippen molar-refractivity contribution < 1.29 is 9.53 Å². The van der Waals surface area contributed by atoms with E-state index in [1.165, 1.54) is 29.7 Å². The molecule has 1 aromatic carbocycles. The third-order valence-corrected chi connectivity index (χ3v) is 5.11. The van der Waals surface area contributed by atoms with E-state index < -0.39 is 0 Å². The molecule has 2 nitrogen and oxygen atoms in total. The number of fused-ring (bicyclic) bond motifs is 1. The minimum absolute atomic E-state index is 0.120. The molecule has 2 aromatic rings. The van der Waals surface area contributed by atoms with Gasteiger partial charge in [0.15, 0.2) is 0 Å². The summed E-state index contributed by atoms with van der Waals surface area (Å²) in [5, 5.41) is 0. The van der Waals surface area contributed by atoms with Crippen LogP contribution in [-0.4, -0.2) is 12.4 Å². The van der Waals surface area contributed by atoms with Crippen molar-refractivity contribution in [2.75, 3.05) is 6.61 Å². The third kappa shape index (κ3) is 3.18. The van der Waals surface area contributed by atoms with Crippen LogP contribution >= 0.6 is 11.3 Å². The first kappa shape index (κ1) is 14.3. The quantitative estimate of drug-likeness (QED) is 0.607. The van der Waals surface area contributed by atoms with Gasteiger partial charge < -0.3 is 4.74 Å². The summed E-state index contributed by atoms with van der Waals surface area (Å²) < 4.78 is 5.48. The van der Waals surface area contributed by atoms with Gasteiger partial charge in [-0.1, -0.05) is 18.6 Å². The first-order chi connectivity index (χ1) is 10.3. The van der Waals surface area contributed by atoms with E-state index in [1.54, 1.807) is 11.3 Å². The summed E-state index contributed by atoms with van der Waals surface area (Å²) in [7, 11) is 0. The maximum Gasteiger partial charge on any atom is 0.203 e. The fourth-order valence-electron chi connectivity index (χ4n) is 2.82. The molecule has 0 bridgehead atoms. The van der Waals surface area contributed by atoms with Gasteiger partial charge in [0.2, 0.25) is 5.78 Å². The molecule has 0 saturated carbocycles. The Morgan fingerprint density at radius 2 is 2.05 bits per heavy atom. The van der Waals surface area contributed by atoms with Crippen LogP contribution in [0.4, 0.5) is 0 Å². The Labute approximate surface area is 129 Å². The molecule has 0 unspecified atom stereocenters. The van der Waals surface area contributed by atoms with Gasteiger partial charge in [-0.3, -0.25) is 4.79 Å². The zero-order valence-corrected chi connectivity index (χ0v) is 13.2. The summed E-state index contributed by atoms with van der Waals surface area (Å²) in [5.41, 5.74) is 2.11. The molecule has 1 aliphatic carbocycles. The molecule has 0 radical (unpaired) electrons. The molecule has 110 valence electrons. The normalized spacial score (nSPS) is 14.3. The van der Waals surface area contributed by atoms with Crippen LogP contribution in [0.1, 0.15) is 51.9 Å². The van der Waals surface area contributed by atoms with E-state index in [4.69, 9.17) is 4.74 Å². The number of benzene rings is 1. The van der Waals surface area contributed by atoms with Gasteiger partial charge in [0.1, 0.15) is 5.75 Å². The number of ketones is 1. The Bertz CT molecular complexity index is 619. The summed E-state index contributed by atoms with van der Waals surface area (Å²) in [4.78, 5) is 14.9. The first-order valence-electron chi connectivity index (χ1n) is 7.67. The molecule has 0 saturated heterocycles. The Balaban J connectivity index is 1.86. The minimum Gasteiger partial charge on any atom is -0.494 e. The lowest BCUT2D eigenvalue weighted by atomic mass is 10.1. The second-order valence-corrected chi connectivity index (χ2v) is 6.55. The Hall–Kier alpha value is -1.61. The molecule has 1 aliphatic rings. The van der Waals surface area contributed by atoms with E-state index in [0.29, 0.717) is 6.61 Å². The number of aryl methyl sites for hydroxylation is 2. The lowest BCUT2D eigenvalue weighted by Crippen LogP contribution is -2.00. The lowest BCUT2D eigenvalue weighted by Gasteiger charge is -2.04. The molecule has 0 amide bonds. The highest BCUT2D eigenvalue weighted by Crippen LogP contribution is 2.30. The average Bonchev–Trinajstić information content (AvgIpc) is 2.78. The van der Waals surface area contributed by atoms with Crippen LogP contribution in [0, 0.1) is 0 Å². The minimum atomic E-state index is 0.120. The maximum atomic E-state index is 12.7. The van der Waals surface area contributed by atoms with Crippen LogP contribution in [-0.2, 0) is 12.8 Å². The summed E-state index contributed by atoms with van der Waals surface area (Å²) in [6.45, 7) is 2.57. The molecule has 21 heavy (non-hydrogen) atoms. The van der Waals surface area contributed by atoms with Gasteiger partial charge in [-0.15, -0.1) is 11.3 Å². The monoisotopic (exact) mass is 300 g/mol. The smallest absolute Gasteiger partial charge is 0.203 e. The highest BCUT2D eigenvalue weighted by atomic mass is 32.1. The topological polar surface area (TPSA) is 26.3 Å². The summed E-state index contributed by atoms with van der Waals surface area (Å²) >= 11 is 1.68. The van der Waals surface area contributed by atoms with Crippen molar-refractivity contribution >= 4 is 17.1 Å². The van der Waals surface area contributed by atoms with Gasteiger partial charge in [-0.05, 0) is 56.4 Å². The SMILES string of the molecule is CCOc1cccc(C(=O)c2cc3c(s2)CCCCC3)c1. The summed E-state index contributed by atoms with van der Waals surface area (Å²) in [5.74, 6) is 0.885. The third-order valence-electron chi connectivity index (χ3n) is 3.88. The van der Waals surface area contributed by atoms with E-state index in [0.717, 1.165) is 29.0 Å². The van der Waals surface area contributed by atoms with Gasteiger partial charge in [-0.2, -0.15) is 0 Å². The molecule has 0 fully saturated rings. The second-order valence-electron chi connectivity index (χ2n) is 5.41. The van der Waals surface area contributed by atoms with Crippen LogP contribution in [0.3, 0.4) is 0 Å². The zero-order valence-electron chi connectivity index (χ0n) is 12.4. The fraction of sp³-hybridized carbons (Fsp3) is 0.389. The van der Waals surface area contributed by atoms with Crippen molar-refractivity contribution in [1.29, 1.82) is 0 Å². The van der Waals surface area contributed by atoms with Crippen molar-refractivity contribution in [3.63, 3.8) is 0 Å². The van der Waals surface area contributed by atoms with Gasteiger partial charge in [0.05, 0.1) is 11.5 Å². The fourth-order valence-corrected chi connectivity index (χ4v) is 4.03. The van der Waals surface area contributed by atoms with Crippen LogP contribution in [0.2, 0.25) is 0 Å². The highest BCUT2D eigenvalue weighted by molar-refractivity contribution is 7.14. The maximum absolute atomic E-state index is 12.7. The van der Waals surface area contributed by atoms with Crippen molar-refractivity contribution in [3.05, 3.63) is 51.2 Å². The summed E-state index contributed by atoms with van der Waals surface area (Å²) in [6.07, 6.45) is 6.06. The molecular formula is C18H20O2S. The van der Waals surface area contributed by atoms with Gasteiger partial charge in [-0.25, -0.2) is 0 Å². The molecule has 0 aliphatic heterocycles. The predicted octanol–water partition coefficient (Wildman–Crippen LogP) is 4.65. The van der Waals surface area contributed by atoms with Gasteiger partial charge >= 0.3 is 0 Å². The molecule has 0 N–H and O–H groups in total. The van der Waals surface area contributed by atoms with Crippen molar-refractivity contribution in [2.24, 2.45) is 0 Å². The van der Waals surface area contributed by atoms with Crippen LogP contribution in [0.15, 0.2) is 30.3 Å².